The second kappa shape index (κ2) is 8.94. The van der Waals surface area contributed by atoms with E-state index in [9.17, 15) is 9.59 Å². The molecule has 1 aliphatic heterocycles. The van der Waals surface area contributed by atoms with Crippen molar-refractivity contribution in [3.63, 3.8) is 0 Å². The Labute approximate surface area is 162 Å². The first-order chi connectivity index (χ1) is 13.6. The van der Waals surface area contributed by atoms with Gasteiger partial charge >= 0.3 is 11.9 Å². The highest BCUT2D eigenvalue weighted by molar-refractivity contribution is 5.89. The number of methoxy groups -OCH3 is 2. The molecule has 0 radical (unpaired) electrons. The van der Waals surface area contributed by atoms with Crippen LogP contribution < -0.4 is 14.2 Å². The smallest absolute Gasteiger partial charge is 0.337 e. The number of fused-ring (bicyclic) bond motifs is 1. The van der Waals surface area contributed by atoms with Crippen molar-refractivity contribution in [2.45, 2.75) is 6.61 Å². The number of ether oxygens (including phenoxy) is 5. The highest BCUT2D eigenvalue weighted by Gasteiger charge is 2.17. The first-order valence-electron chi connectivity index (χ1n) is 8.60. The van der Waals surface area contributed by atoms with E-state index in [-0.39, 0.29) is 6.61 Å². The van der Waals surface area contributed by atoms with Crippen molar-refractivity contribution in [1.82, 2.24) is 0 Å². The van der Waals surface area contributed by atoms with Crippen molar-refractivity contribution in [2.75, 3.05) is 27.4 Å². The van der Waals surface area contributed by atoms with Crippen LogP contribution in [0.3, 0.4) is 0 Å². The second-order valence-corrected chi connectivity index (χ2v) is 5.88. The van der Waals surface area contributed by atoms with E-state index >= 15 is 0 Å². The number of hydrogen-bond acceptors (Lipinski definition) is 7. The molecule has 1 aliphatic rings. The van der Waals surface area contributed by atoms with Gasteiger partial charge in [-0.25, -0.2) is 9.59 Å². The molecule has 0 spiro atoms. The van der Waals surface area contributed by atoms with Crippen LogP contribution in [0.4, 0.5) is 0 Å². The Morgan fingerprint density at radius 3 is 2.71 bits per heavy atom. The lowest BCUT2D eigenvalue weighted by atomic mass is 10.1. The standard InChI is InChI=1S/C21H20O7/c1-24-17-11-14(12-18-20(17)27-9-8-26-18)6-7-19(22)28-13-15-4-3-5-16(10-15)21(23)25-2/h3-7,10-12H,8-9,13H2,1-2H3/b7-6+. The second-order valence-electron chi connectivity index (χ2n) is 5.88. The Morgan fingerprint density at radius 2 is 1.93 bits per heavy atom. The zero-order valence-corrected chi connectivity index (χ0v) is 15.6. The summed E-state index contributed by atoms with van der Waals surface area (Å²) in [6.07, 6.45) is 2.92. The van der Waals surface area contributed by atoms with Gasteiger partial charge in [-0.1, -0.05) is 12.1 Å². The molecule has 0 aliphatic carbocycles. The maximum atomic E-state index is 12.0. The minimum absolute atomic E-state index is 0.0401. The zero-order chi connectivity index (χ0) is 19.9. The van der Waals surface area contributed by atoms with E-state index in [0.29, 0.717) is 47.2 Å². The summed E-state index contributed by atoms with van der Waals surface area (Å²) in [5.74, 6) is 0.694. The Bertz CT molecular complexity index is 884. The van der Waals surface area contributed by atoms with Gasteiger partial charge in [-0.3, -0.25) is 0 Å². The Balaban J connectivity index is 1.64. The van der Waals surface area contributed by atoms with Gasteiger partial charge < -0.3 is 23.7 Å². The topological polar surface area (TPSA) is 80.3 Å². The third kappa shape index (κ3) is 4.62. The highest BCUT2D eigenvalue weighted by Crippen LogP contribution is 2.40. The molecular weight excluding hydrogens is 364 g/mol. The average molecular weight is 384 g/mol. The molecule has 0 amide bonds. The molecule has 28 heavy (non-hydrogen) atoms. The number of rotatable bonds is 6. The summed E-state index contributed by atoms with van der Waals surface area (Å²) in [5, 5.41) is 0. The Hall–Kier alpha value is -3.48. The quantitative estimate of drug-likeness (QED) is 0.559. The molecule has 0 unspecified atom stereocenters. The third-order valence-electron chi connectivity index (χ3n) is 3.99. The molecular formula is C21H20O7. The summed E-state index contributed by atoms with van der Waals surface area (Å²) in [6, 6.07) is 10.2. The summed E-state index contributed by atoms with van der Waals surface area (Å²) in [6.45, 7) is 0.955. The van der Waals surface area contributed by atoms with Crippen LogP contribution in [0.2, 0.25) is 0 Å². The maximum Gasteiger partial charge on any atom is 0.337 e. The summed E-state index contributed by atoms with van der Waals surface area (Å²) in [4.78, 5) is 23.6. The Kier molecular flexibility index (Phi) is 6.16. The van der Waals surface area contributed by atoms with Crippen LogP contribution in [0.1, 0.15) is 21.5 Å². The highest BCUT2D eigenvalue weighted by atomic mass is 16.6. The number of hydrogen-bond donors (Lipinski definition) is 0. The van der Waals surface area contributed by atoms with Gasteiger partial charge in [0, 0.05) is 6.08 Å². The fourth-order valence-electron chi connectivity index (χ4n) is 2.66. The molecule has 0 bridgehead atoms. The van der Waals surface area contributed by atoms with Crippen molar-refractivity contribution in [3.05, 3.63) is 59.2 Å². The van der Waals surface area contributed by atoms with E-state index in [2.05, 4.69) is 4.74 Å². The van der Waals surface area contributed by atoms with E-state index in [1.807, 2.05) is 0 Å². The lowest BCUT2D eigenvalue weighted by Crippen LogP contribution is -2.16. The molecule has 0 fully saturated rings. The van der Waals surface area contributed by atoms with Gasteiger partial charge in [0.25, 0.3) is 0 Å². The summed E-state index contributed by atoms with van der Waals surface area (Å²) >= 11 is 0. The normalized spacial score (nSPS) is 12.5. The van der Waals surface area contributed by atoms with Crippen LogP contribution in [0.5, 0.6) is 17.2 Å². The summed E-state index contributed by atoms with van der Waals surface area (Å²) in [7, 11) is 2.85. The van der Waals surface area contributed by atoms with Crippen molar-refractivity contribution in [1.29, 1.82) is 0 Å². The molecule has 0 atom stereocenters. The van der Waals surface area contributed by atoms with Crippen molar-refractivity contribution < 1.29 is 33.3 Å². The fourth-order valence-corrected chi connectivity index (χ4v) is 2.66. The lowest BCUT2D eigenvalue weighted by Gasteiger charge is -2.20. The minimum Gasteiger partial charge on any atom is -0.493 e. The molecule has 7 heteroatoms. The lowest BCUT2D eigenvalue weighted by molar-refractivity contribution is -0.138. The van der Waals surface area contributed by atoms with Crippen LogP contribution in [-0.2, 0) is 20.9 Å². The van der Waals surface area contributed by atoms with E-state index in [4.69, 9.17) is 18.9 Å². The Morgan fingerprint density at radius 1 is 1.11 bits per heavy atom. The molecule has 0 N–H and O–H groups in total. The zero-order valence-electron chi connectivity index (χ0n) is 15.6. The minimum atomic E-state index is -0.516. The van der Waals surface area contributed by atoms with Crippen LogP contribution >= 0.6 is 0 Å². The monoisotopic (exact) mass is 384 g/mol. The van der Waals surface area contributed by atoms with Crippen LogP contribution in [0.15, 0.2) is 42.5 Å². The maximum absolute atomic E-state index is 12.0. The van der Waals surface area contributed by atoms with Crippen molar-refractivity contribution in [2.24, 2.45) is 0 Å². The van der Waals surface area contributed by atoms with Gasteiger partial charge in [0.05, 0.1) is 19.8 Å². The number of carbonyl (C=O) groups is 2. The van der Waals surface area contributed by atoms with E-state index in [1.54, 1.807) is 42.5 Å². The molecule has 2 aromatic rings. The van der Waals surface area contributed by atoms with Crippen molar-refractivity contribution >= 4 is 18.0 Å². The predicted molar refractivity (Wildman–Crippen MR) is 101 cm³/mol. The van der Waals surface area contributed by atoms with Gasteiger partial charge in [-0.15, -0.1) is 0 Å². The number of carbonyl (C=O) groups excluding carboxylic acids is 2. The summed E-state index contributed by atoms with van der Waals surface area (Å²) < 4.78 is 26.3. The molecule has 2 aromatic carbocycles. The van der Waals surface area contributed by atoms with Gasteiger partial charge in [-0.05, 0) is 41.5 Å². The first-order valence-corrected chi connectivity index (χ1v) is 8.60. The van der Waals surface area contributed by atoms with Gasteiger partial charge in [0.1, 0.15) is 19.8 Å². The number of benzene rings is 2. The van der Waals surface area contributed by atoms with Gasteiger partial charge in [-0.2, -0.15) is 0 Å². The molecule has 3 rings (SSSR count). The molecule has 7 nitrogen and oxygen atoms in total. The molecule has 0 saturated heterocycles. The fraction of sp³-hybridized carbons (Fsp3) is 0.238. The van der Waals surface area contributed by atoms with Gasteiger partial charge in [0.15, 0.2) is 11.5 Å². The SMILES string of the molecule is COC(=O)c1cccc(COC(=O)/C=C/c2cc(OC)c3c(c2)OCCO3)c1. The average Bonchev–Trinajstić information content (AvgIpc) is 2.75. The van der Waals surface area contributed by atoms with E-state index in [1.165, 1.54) is 20.3 Å². The van der Waals surface area contributed by atoms with Crippen LogP contribution in [0, 0.1) is 0 Å². The first kappa shape index (κ1) is 19.3. The molecule has 146 valence electrons. The molecule has 0 saturated carbocycles. The van der Waals surface area contributed by atoms with Crippen molar-refractivity contribution in [3.8, 4) is 17.2 Å². The number of esters is 2. The van der Waals surface area contributed by atoms with E-state index in [0.717, 1.165) is 0 Å². The molecule has 0 aromatic heterocycles. The predicted octanol–water partition coefficient (Wildman–Crippen LogP) is 3.01. The summed E-state index contributed by atoms with van der Waals surface area (Å²) in [5.41, 5.74) is 1.80. The van der Waals surface area contributed by atoms with Crippen LogP contribution in [-0.4, -0.2) is 39.4 Å². The largest absolute Gasteiger partial charge is 0.493 e. The third-order valence-corrected chi connectivity index (χ3v) is 3.99. The van der Waals surface area contributed by atoms with Gasteiger partial charge in [0.2, 0.25) is 5.75 Å². The molecule has 1 heterocycles. The van der Waals surface area contributed by atoms with Crippen LogP contribution in [0.25, 0.3) is 6.08 Å². The van der Waals surface area contributed by atoms with E-state index < -0.39 is 11.9 Å².